The van der Waals surface area contributed by atoms with Crippen molar-refractivity contribution in [2.24, 2.45) is 5.92 Å². The van der Waals surface area contributed by atoms with Gasteiger partial charge >= 0.3 is 0 Å². The smallest absolute Gasteiger partial charge is 0.264 e. The van der Waals surface area contributed by atoms with E-state index in [-0.39, 0.29) is 28.6 Å². The van der Waals surface area contributed by atoms with Crippen molar-refractivity contribution in [2.45, 2.75) is 24.2 Å². The van der Waals surface area contributed by atoms with Crippen molar-refractivity contribution in [3.63, 3.8) is 0 Å². The molecule has 3 aromatic rings. The molecule has 144 valence electrons. The number of anilines is 2. The summed E-state index contributed by atoms with van der Waals surface area (Å²) < 4.78 is 27.3. The number of nitrogens with one attached hydrogen (secondary N) is 2. The number of carbonyl (C=O) groups is 1. The fraction of sp³-hybridized carbons (Fsp3) is 0.211. The molecule has 1 aliphatic carbocycles. The van der Waals surface area contributed by atoms with Gasteiger partial charge in [-0.25, -0.2) is 23.1 Å². The summed E-state index contributed by atoms with van der Waals surface area (Å²) in [6, 6.07) is 11.8. The van der Waals surface area contributed by atoms with Crippen molar-refractivity contribution in [3.8, 4) is 0 Å². The third kappa shape index (κ3) is 4.05. The Morgan fingerprint density at radius 2 is 1.96 bits per heavy atom. The standard InChI is InChI=1S/C19H18N4O3S2/c1-12-8-9-20-19(21-12)23-28(25,26)14-6-4-13(5-7-14)22-18(24)16-11-15(16)17-3-2-10-27-17/h2-10,15-16H,11H2,1H3,(H,22,24)(H,20,21,23). The molecule has 2 heterocycles. The van der Waals surface area contributed by atoms with Gasteiger partial charge in [-0.1, -0.05) is 6.07 Å². The molecule has 9 heteroatoms. The molecule has 0 aliphatic heterocycles. The second-order valence-electron chi connectivity index (χ2n) is 6.60. The molecular formula is C19H18N4O3S2. The minimum atomic E-state index is -3.80. The van der Waals surface area contributed by atoms with Crippen LogP contribution in [0.3, 0.4) is 0 Å². The van der Waals surface area contributed by atoms with E-state index in [1.807, 2.05) is 17.5 Å². The van der Waals surface area contributed by atoms with Gasteiger partial charge in [0.1, 0.15) is 0 Å². The average molecular weight is 415 g/mol. The zero-order valence-corrected chi connectivity index (χ0v) is 16.6. The normalized spacial score (nSPS) is 18.5. The summed E-state index contributed by atoms with van der Waals surface area (Å²) in [5.41, 5.74) is 1.22. The van der Waals surface area contributed by atoms with Gasteiger partial charge in [0, 0.05) is 34.3 Å². The number of amides is 1. The van der Waals surface area contributed by atoms with Gasteiger partial charge in [-0.3, -0.25) is 4.79 Å². The summed E-state index contributed by atoms with van der Waals surface area (Å²) in [4.78, 5) is 21.6. The van der Waals surface area contributed by atoms with Crippen LogP contribution in [0.1, 0.15) is 22.9 Å². The van der Waals surface area contributed by atoms with Gasteiger partial charge in [0.25, 0.3) is 10.0 Å². The first-order valence-corrected chi connectivity index (χ1v) is 11.1. The Morgan fingerprint density at radius 3 is 2.64 bits per heavy atom. The Kier molecular flexibility index (Phi) is 4.86. The number of aryl methyl sites for hydroxylation is 1. The van der Waals surface area contributed by atoms with Gasteiger partial charge in [0.05, 0.1) is 4.90 Å². The van der Waals surface area contributed by atoms with Crippen LogP contribution in [0.25, 0.3) is 0 Å². The van der Waals surface area contributed by atoms with Crippen LogP contribution in [0.5, 0.6) is 0 Å². The molecule has 1 aromatic carbocycles. The second kappa shape index (κ2) is 7.33. The number of nitrogens with zero attached hydrogens (tertiary/aromatic N) is 2. The molecule has 2 atom stereocenters. The van der Waals surface area contributed by atoms with Crippen LogP contribution in [0.2, 0.25) is 0 Å². The Balaban J connectivity index is 1.40. The van der Waals surface area contributed by atoms with Gasteiger partial charge in [0.2, 0.25) is 11.9 Å². The van der Waals surface area contributed by atoms with E-state index in [0.29, 0.717) is 11.4 Å². The van der Waals surface area contributed by atoms with E-state index in [4.69, 9.17) is 0 Å². The molecule has 2 N–H and O–H groups in total. The number of aromatic nitrogens is 2. The lowest BCUT2D eigenvalue weighted by molar-refractivity contribution is -0.117. The highest BCUT2D eigenvalue weighted by atomic mass is 32.2. The van der Waals surface area contributed by atoms with E-state index in [9.17, 15) is 13.2 Å². The third-order valence-electron chi connectivity index (χ3n) is 4.49. The van der Waals surface area contributed by atoms with Crippen molar-refractivity contribution in [2.75, 3.05) is 10.0 Å². The minimum absolute atomic E-state index is 0.0192. The fourth-order valence-electron chi connectivity index (χ4n) is 2.93. The zero-order valence-electron chi connectivity index (χ0n) is 15.0. The van der Waals surface area contributed by atoms with Crippen molar-refractivity contribution in [1.29, 1.82) is 0 Å². The summed E-state index contributed by atoms with van der Waals surface area (Å²) in [5, 5.41) is 4.87. The number of rotatable bonds is 6. The van der Waals surface area contributed by atoms with Crippen molar-refractivity contribution in [1.82, 2.24) is 9.97 Å². The first-order valence-electron chi connectivity index (χ1n) is 8.69. The number of carbonyl (C=O) groups excluding carboxylic acids is 1. The van der Waals surface area contributed by atoms with Crippen molar-refractivity contribution in [3.05, 3.63) is 64.6 Å². The summed E-state index contributed by atoms with van der Waals surface area (Å²) in [7, 11) is -3.80. The second-order valence-corrected chi connectivity index (χ2v) is 9.27. The average Bonchev–Trinajstić information content (AvgIpc) is 3.27. The number of thiophene rings is 1. The predicted octanol–water partition coefficient (Wildman–Crippen LogP) is 3.39. The maximum absolute atomic E-state index is 12.5. The van der Waals surface area contributed by atoms with Gasteiger partial charge < -0.3 is 5.32 Å². The van der Waals surface area contributed by atoms with Crippen molar-refractivity contribution < 1.29 is 13.2 Å². The summed E-state index contributed by atoms with van der Waals surface area (Å²) in [6.07, 6.45) is 2.33. The summed E-state index contributed by atoms with van der Waals surface area (Å²) in [5.74, 6) is 0.242. The molecule has 7 nitrogen and oxygen atoms in total. The lowest BCUT2D eigenvalue weighted by Crippen LogP contribution is -2.16. The number of benzene rings is 1. The van der Waals surface area contributed by atoms with Crippen LogP contribution >= 0.6 is 11.3 Å². The Hall–Kier alpha value is -2.78. The molecule has 1 amide bonds. The molecule has 0 spiro atoms. The van der Waals surface area contributed by atoms with E-state index in [0.717, 1.165) is 6.42 Å². The molecule has 0 radical (unpaired) electrons. The number of hydrogen-bond donors (Lipinski definition) is 2. The molecule has 2 unspecified atom stereocenters. The lowest BCUT2D eigenvalue weighted by atomic mass is 10.2. The van der Waals surface area contributed by atoms with E-state index < -0.39 is 10.0 Å². The van der Waals surface area contributed by atoms with Gasteiger partial charge in [-0.05, 0) is 55.1 Å². The number of sulfonamides is 1. The van der Waals surface area contributed by atoms with Crippen LogP contribution in [-0.2, 0) is 14.8 Å². The third-order valence-corrected chi connectivity index (χ3v) is 6.84. The monoisotopic (exact) mass is 414 g/mol. The van der Waals surface area contributed by atoms with Crippen LogP contribution < -0.4 is 10.0 Å². The SMILES string of the molecule is Cc1ccnc(NS(=O)(=O)c2ccc(NC(=O)C3CC3c3cccs3)cc2)n1. The predicted molar refractivity (Wildman–Crippen MR) is 108 cm³/mol. The first-order chi connectivity index (χ1) is 13.4. The molecule has 4 rings (SSSR count). The quantitative estimate of drug-likeness (QED) is 0.644. The Labute approximate surface area is 166 Å². The zero-order chi connectivity index (χ0) is 19.7. The van der Waals surface area contributed by atoms with Crippen LogP contribution in [0.15, 0.2) is 58.9 Å². The molecule has 1 fully saturated rings. The Morgan fingerprint density at radius 1 is 1.18 bits per heavy atom. The minimum Gasteiger partial charge on any atom is -0.326 e. The molecule has 0 bridgehead atoms. The van der Waals surface area contributed by atoms with Crippen LogP contribution in [-0.4, -0.2) is 24.3 Å². The summed E-state index contributed by atoms with van der Waals surface area (Å²) in [6.45, 7) is 1.75. The van der Waals surface area contributed by atoms with Gasteiger partial charge in [-0.15, -0.1) is 11.3 Å². The van der Waals surface area contributed by atoms with Gasteiger partial charge in [-0.2, -0.15) is 0 Å². The topological polar surface area (TPSA) is 101 Å². The maximum atomic E-state index is 12.5. The van der Waals surface area contributed by atoms with E-state index >= 15 is 0 Å². The highest BCUT2D eigenvalue weighted by molar-refractivity contribution is 7.92. The van der Waals surface area contributed by atoms with E-state index in [1.165, 1.54) is 23.2 Å². The molecule has 0 saturated heterocycles. The molecule has 2 aromatic heterocycles. The van der Waals surface area contributed by atoms with Crippen LogP contribution in [0.4, 0.5) is 11.6 Å². The molecule has 1 saturated carbocycles. The Bertz CT molecular complexity index is 1100. The highest BCUT2D eigenvalue weighted by Crippen LogP contribution is 2.49. The van der Waals surface area contributed by atoms with E-state index in [1.54, 1.807) is 36.5 Å². The fourth-order valence-corrected chi connectivity index (χ4v) is 4.79. The van der Waals surface area contributed by atoms with Crippen LogP contribution in [0, 0.1) is 12.8 Å². The number of hydrogen-bond acceptors (Lipinski definition) is 6. The van der Waals surface area contributed by atoms with Gasteiger partial charge in [0.15, 0.2) is 0 Å². The molecule has 1 aliphatic rings. The maximum Gasteiger partial charge on any atom is 0.264 e. The largest absolute Gasteiger partial charge is 0.326 e. The van der Waals surface area contributed by atoms with Crippen molar-refractivity contribution >= 4 is 38.9 Å². The summed E-state index contributed by atoms with van der Waals surface area (Å²) >= 11 is 1.66. The van der Waals surface area contributed by atoms with E-state index in [2.05, 4.69) is 20.0 Å². The lowest BCUT2D eigenvalue weighted by Gasteiger charge is -2.09. The molecular weight excluding hydrogens is 396 g/mol. The first kappa shape index (κ1) is 18.6. The highest BCUT2D eigenvalue weighted by Gasteiger charge is 2.44. The molecule has 28 heavy (non-hydrogen) atoms.